The van der Waals surface area contributed by atoms with E-state index in [0.717, 1.165) is 64.3 Å². The lowest BCUT2D eigenvalue weighted by Crippen LogP contribution is -2.39. The largest absolute Gasteiger partial charge is 0.383 e. The van der Waals surface area contributed by atoms with E-state index in [1.165, 1.54) is 38.8 Å². The average molecular weight is 355 g/mol. The van der Waals surface area contributed by atoms with Gasteiger partial charge in [0.05, 0.1) is 6.61 Å². The van der Waals surface area contributed by atoms with Gasteiger partial charge in [0.15, 0.2) is 5.96 Å². The van der Waals surface area contributed by atoms with E-state index in [0.29, 0.717) is 5.92 Å². The number of aliphatic imine (C=N–C) groups is 1. The molecule has 1 aliphatic carbocycles. The van der Waals surface area contributed by atoms with E-state index in [1.807, 2.05) is 0 Å². The normalized spacial score (nSPS) is 20.0. The number of likely N-dealkylation sites (tertiary alicyclic amines) is 1. The Hall–Kier alpha value is -0.850. The molecule has 0 amide bonds. The fourth-order valence-corrected chi connectivity index (χ4v) is 3.09. The van der Waals surface area contributed by atoms with Crippen LogP contribution in [0.4, 0.5) is 0 Å². The van der Waals surface area contributed by atoms with Crippen molar-refractivity contribution < 1.29 is 9.47 Å². The zero-order valence-electron chi connectivity index (χ0n) is 16.3. The number of nitrogens with zero attached hydrogens (tertiary/aromatic N) is 2. The summed E-state index contributed by atoms with van der Waals surface area (Å²) in [7, 11) is 1.77. The summed E-state index contributed by atoms with van der Waals surface area (Å²) in [6.45, 7) is 10.9. The van der Waals surface area contributed by atoms with E-state index in [-0.39, 0.29) is 0 Å². The Morgan fingerprint density at radius 3 is 2.56 bits per heavy atom. The fraction of sp³-hybridized carbons (Fsp3) is 0.947. The molecule has 0 aromatic heterocycles. The summed E-state index contributed by atoms with van der Waals surface area (Å²) < 4.78 is 10.8. The van der Waals surface area contributed by atoms with Crippen LogP contribution in [0.1, 0.15) is 39.0 Å². The number of hydrogen-bond donors (Lipinski definition) is 2. The summed E-state index contributed by atoms with van der Waals surface area (Å²) in [5.74, 6) is 2.51. The zero-order chi connectivity index (χ0) is 17.7. The molecule has 0 bridgehead atoms. The van der Waals surface area contributed by atoms with Crippen molar-refractivity contribution in [3.63, 3.8) is 0 Å². The second-order valence-corrected chi connectivity index (χ2v) is 7.30. The lowest BCUT2D eigenvalue weighted by molar-refractivity contribution is 0.121. The molecule has 2 rings (SSSR count). The van der Waals surface area contributed by atoms with E-state index in [1.54, 1.807) is 7.11 Å². The summed E-state index contributed by atoms with van der Waals surface area (Å²) in [5.41, 5.74) is 0. The van der Waals surface area contributed by atoms with E-state index < -0.39 is 0 Å². The monoisotopic (exact) mass is 354 g/mol. The van der Waals surface area contributed by atoms with Gasteiger partial charge in [-0.25, -0.2) is 0 Å². The molecule has 0 unspecified atom stereocenters. The van der Waals surface area contributed by atoms with Crippen LogP contribution in [-0.4, -0.2) is 77.1 Å². The molecule has 2 N–H and O–H groups in total. The Kier molecular flexibility index (Phi) is 10.2. The number of methoxy groups -OCH3 is 1. The van der Waals surface area contributed by atoms with Gasteiger partial charge in [-0.3, -0.25) is 4.99 Å². The first kappa shape index (κ1) is 20.5. The molecular formula is C19H38N4O2. The number of rotatable bonds is 12. The molecule has 0 aromatic rings. The molecule has 1 heterocycles. The molecule has 0 radical (unpaired) electrons. The van der Waals surface area contributed by atoms with Crippen molar-refractivity contribution in [2.45, 2.75) is 39.0 Å². The van der Waals surface area contributed by atoms with Crippen LogP contribution in [0.2, 0.25) is 0 Å². The lowest BCUT2D eigenvalue weighted by Gasteiger charge is -2.31. The predicted octanol–water partition coefficient (Wildman–Crippen LogP) is 1.72. The minimum atomic E-state index is 0.705. The third-order valence-electron chi connectivity index (χ3n) is 4.98. The first-order valence-corrected chi connectivity index (χ1v) is 10.1. The quantitative estimate of drug-likeness (QED) is 0.317. The number of nitrogens with one attached hydrogen (secondary N) is 2. The number of hydrogen-bond acceptors (Lipinski definition) is 4. The summed E-state index contributed by atoms with van der Waals surface area (Å²) >= 11 is 0. The topological polar surface area (TPSA) is 58.1 Å². The molecule has 25 heavy (non-hydrogen) atoms. The SMILES string of the molecule is CCNC(=NCC1CCN(CCOC)CC1)NCCCOCC1CC1. The van der Waals surface area contributed by atoms with E-state index in [2.05, 4.69) is 22.5 Å². The number of guanidine groups is 1. The third-order valence-corrected chi connectivity index (χ3v) is 4.98. The Balaban J connectivity index is 1.56. The van der Waals surface area contributed by atoms with E-state index in [4.69, 9.17) is 14.5 Å². The standard InChI is InChI=1S/C19H38N4O2/c1-3-20-19(21-9-4-13-25-16-18-5-6-18)22-15-17-7-10-23(11-8-17)12-14-24-2/h17-18H,3-16H2,1-2H3,(H2,20,21,22). The van der Waals surface area contributed by atoms with Crippen molar-refractivity contribution in [2.24, 2.45) is 16.8 Å². The minimum Gasteiger partial charge on any atom is -0.383 e. The average Bonchev–Trinajstić information content (AvgIpc) is 3.46. The first-order chi connectivity index (χ1) is 12.3. The molecular weight excluding hydrogens is 316 g/mol. The summed E-state index contributed by atoms with van der Waals surface area (Å²) in [6, 6.07) is 0. The van der Waals surface area contributed by atoms with Crippen molar-refractivity contribution >= 4 is 5.96 Å². The molecule has 1 aliphatic heterocycles. The van der Waals surface area contributed by atoms with Gasteiger partial charge in [-0.2, -0.15) is 0 Å². The maximum absolute atomic E-state index is 5.68. The van der Waals surface area contributed by atoms with Gasteiger partial charge in [-0.15, -0.1) is 0 Å². The van der Waals surface area contributed by atoms with Crippen molar-refractivity contribution in [1.82, 2.24) is 15.5 Å². The van der Waals surface area contributed by atoms with Crippen LogP contribution in [0, 0.1) is 11.8 Å². The molecule has 6 heteroatoms. The second-order valence-electron chi connectivity index (χ2n) is 7.30. The Bertz CT molecular complexity index is 366. The third kappa shape index (κ3) is 9.42. The van der Waals surface area contributed by atoms with Gasteiger partial charge in [-0.1, -0.05) is 0 Å². The minimum absolute atomic E-state index is 0.705. The molecule has 2 aliphatic rings. The van der Waals surface area contributed by atoms with Gasteiger partial charge in [0.25, 0.3) is 0 Å². The number of piperidine rings is 1. The fourth-order valence-electron chi connectivity index (χ4n) is 3.09. The van der Waals surface area contributed by atoms with Crippen molar-refractivity contribution in [2.75, 3.05) is 66.2 Å². The van der Waals surface area contributed by atoms with Gasteiger partial charge in [0.1, 0.15) is 0 Å². The highest BCUT2D eigenvalue weighted by molar-refractivity contribution is 5.79. The van der Waals surface area contributed by atoms with Gasteiger partial charge >= 0.3 is 0 Å². The van der Waals surface area contributed by atoms with Gasteiger partial charge in [-0.05, 0) is 64.0 Å². The molecule has 0 spiro atoms. The van der Waals surface area contributed by atoms with Crippen molar-refractivity contribution in [3.05, 3.63) is 0 Å². The second kappa shape index (κ2) is 12.5. The summed E-state index contributed by atoms with van der Waals surface area (Å²) in [4.78, 5) is 7.29. The van der Waals surface area contributed by atoms with Crippen LogP contribution in [0.5, 0.6) is 0 Å². The van der Waals surface area contributed by atoms with Crippen molar-refractivity contribution in [1.29, 1.82) is 0 Å². The molecule has 1 saturated heterocycles. The van der Waals surface area contributed by atoms with Gasteiger partial charge in [0, 0.05) is 46.5 Å². The molecule has 2 fully saturated rings. The summed E-state index contributed by atoms with van der Waals surface area (Å²) in [5, 5.41) is 6.78. The van der Waals surface area contributed by atoms with E-state index in [9.17, 15) is 0 Å². The highest BCUT2D eigenvalue weighted by Gasteiger charge is 2.21. The van der Waals surface area contributed by atoms with Crippen LogP contribution < -0.4 is 10.6 Å². The lowest BCUT2D eigenvalue weighted by atomic mass is 9.97. The highest BCUT2D eigenvalue weighted by atomic mass is 16.5. The zero-order valence-corrected chi connectivity index (χ0v) is 16.3. The Labute approximate surface area is 153 Å². The number of ether oxygens (including phenoxy) is 2. The highest BCUT2D eigenvalue weighted by Crippen LogP contribution is 2.28. The maximum atomic E-state index is 5.68. The van der Waals surface area contributed by atoms with Crippen LogP contribution in [0.25, 0.3) is 0 Å². The summed E-state index contributed by atoms with van der Waals surface area (Å²) in [6.07, 6.45) is 6.24. The Morgan fingerprint density at radius 1 is 1.08 bits per heavy atom. The van der Waals surface area contributed by atoms with Crippen LogP contribution in [0.15, 0.2) is 4.99 Å². The molecule has 0 atom stereocenters. The van der Waals surface area contributed by atoms with Gasteiger partial charge < -0.3 is 25.0 Å². The van der Waals surface area contributed by atoms with Crippen LogP contribution in [0.3, 0.4) is 0 Å². The van der Waals surface area contributed by atoms with E-state index >= 15 is 0 Å². The molecule has 6 nitrogen and oxygen atoms in total. The first-order valence-electron chi connectivity index (χ1n) is 10.1. The Morgan fingerprint density at radius 2 is 1.88 bits per heavy atom. The predicted molar refractivity (Wildman–Crippen MR) is 103 cm³/mol. The molecule has 1 saturated carbocycles. The van der Waals surface area contributed by atoms with Crippen molar-refractivity contribution in [3.8, 4) is 0 Å². The molecule has 0 aromatic carbocycles. The maximum Gasteiger partial charge on any atom is 0.191 e. The molecule has 146 valence electrons. The smallest absolute Gasteiger partial charge is 0.191 e. The van der Waals surface area contributed by atoms with Gasteiger partial charge in [0.2, 0.25) is 0 Å². The van der Waals surface area contributed by atoms with Crippen LogP contribution in [-0.2, 0) is 9.47 Å². The van der Waals surface area contributed by atoms with Crippen LogP contribution >= 0.6 is 0 Å².